The van der Waals surface area contributed by atoms with Gasteiger partial charge in [0.1, 0.15) is 0 Å². The quantitative estimate of drug-likeness (QED) is 0.439. The van der Waals surface area contributed by atoms with Gasteiger partial charge in [0.15, 0.2) is 0 Å². The second-order valence-electron chi connectivity index (χ2n) is 6.23. The Morgan fingerprint density at radius 1 is 0.952 bits per heavy atom. The van der Waals surface area contributed by atoms with Crippen molar-refractivity contribution in [2.75, 3.05) is 19.6 Å². The third-order valence-electron chi connectivity index (χ3n) is 3.96. The van der Waals surface area contributed by atoms with Gasteiger partial charge in [0.25, 0.3) is 0 Å². The van der Waals surface area contributed by atoms with Crippen molar-refractivity contribution in [3.8, 4) is 0 Å². The summed E-state index contributed by atoms with van der Waals surface area (Å²) in [5.74, 6) is 5.02. The zero-order chi connectivity index (χ0) is 15.7. The Labute approximate surface area is 142 Å². The molecule has 0 aromatic heterocycles. The van der Waals surface area contributed by atoms with Gasteiger partial charge in [0.05, 0.1) is 0 Å². The minimum atomic E-state index is -2.83. The molecule has 0 saturated heterocycles. The topological polar surface area (TPSA) is 36.1 Å². The van der Waals surface area contributed by atoms with E-state index in [-0.39, 0.29) is 0 Å². The first kappa shape index (κ1) is 19.8. The molecule has 0 aromatic carbocycles. The molecule has 1 aliphatic carbocycles. The van der Waals surface area contributed by atoms with E-state index < -0.39 is 35.5 Å². The Morgan fingerprint density at radius 2 is 1.43 bits per heavy atom. The van der Waals surface area contributed by atoms with Crippen LogP contribution in [0.1, 0.15) is 46.5 Å². The molecule has 0 aliphatic heterocycles. The molecule has 0 atom stereocenters. The van der Waals surface area contributed by atoms with Crippen molar-refractivity contribution in [1.82, 2.24) is 9.78 Å². The number of hydrogen-bond acceptors (Lipinski definition) is 3. The fourth-order valence-electron chi connectivity index (χ4n) is 2.88. The molecule has 0 heterocycles. The van der Waals surface area contributed by atoms with E-state index in [2.05, 4.69) is 54.2 Å². The summed E-state index contributed by atoms with van der Waals surface area (Å²) in [5, 5.41) is 0. The van der Waals surface area contributed by atoms with Crippen molar-refractivity contribution in [1.29, 1.82) is 0 Å². The van der Waals surface area contributed by atoms with Gasteiger partial charge in [-0.3, -0.25) is 0 Å². The van der Waals surface area contributed by atoms with Crippen molar-refractivity contribution < 1.29 is 21.1 Å². The Kier molecular flexibility index (Phi) is 9.95. The SMILES string of the molecule is CCC[NH][Zr]([NH]CCC)([NH]CCC)[C]1=[C]([GeH]([CH3])[CH3])C=CC1. The fourth-order valence-corrected chi connectivity index (χ4v) is 21.5. The second kappa shape index (κ2) is 10.5. The Morgan fingerprint density at radius 3 is 1.81 bits per heavy atom. The predicted molar refractivity (Wildman–Crippen MR) is 94.5 cm³/mol. The molecule has 3 nitrogen and oxygen atoms in total. The molecule has 1 rings (SSSR count). The van der Waals surface area contributed by atoms with Crippen LogP contribution < -0.4 is 9.78 Å². The maximum absolute atomic E-state index is 4.00. The first-order chi connectivity index (χ1) is 10.1. The molecule has 122 valence electrons. The van der Waals surface area contributed by atoms with Crippen LogP contribution in [0.3, 0.4) is 0 Å². The predicted octanol–water partition coefficient (Wildman–Crippen LogP) is 3.12. The summed E-state index contributed by atoms with van der Waals surface area (Å²) in [6, 6.07) is 0. The Balaban J connectivity index is 3.09. The Hall–Kier alpha value is 0.786. The fraction of sp³-hybridized carbons (Fsp3) is 0.750. The van der Waals surface area contributed by atoms with E-state index in [0.29, 0.717) is 0 Å². The average molecular weight is 433 g/mol. The summed E-state index contributed by atoms with van der Waals surface area (Å²) in [6.45, 7) is 10.2. The van der Waals surface area contributed by atoms with E-state index in [1.165, 1.54) is 25.7 Å². The maximum atomic E-state index is 4.00. The first-order valence-electron chi connectivity index (χ1n) is 8.76. The van der Waals surface area contributed by atoms with Gasteiger partial charge in [-0.2, -0.15) is 0 Å². The van der Waals surface area contributed by atoms with E-state index in [9.17, 15) is 0 Å². The summed E-state index contributed by atoms with van der Waals surface area (Å²) in [5.41, 5.74) is 0. The Bertz CT molecular complexity index is 345. The number of rotatable bonds is 11. The van der Waals surface area contributed by atoms with Gasteiger partial charge in [0.2, 0.25) is 0 Å². The molecular formula is C16H35GeN3Zr. The van der Waals surface area contributed by atoms with Crippen LogP contribution in [0.25, 0.3) is 0 Å². The summed E-state index contributed by atoms with van der Waals surface area (Å²) in [4.78, 5) is 0. The molecule has 0 saturated carbocycles. The molecule has 0 amide bonds. The van der Waals surface area contributed by atoms with Crippen molar-refractivity contribution in [2.45, 2.75) is 58.0 Å². The van der Waals surface area contributed by atoms with E-state index >= 15 is 0 Å². The van der Waals surface area contributed by atoms with Crippen molar-refractivity contribution in [3.63, 3.8) is 0 Å². The molecule has 0 unspecified atom stereocenters. The van der Waals surface area contributed by atoms with Crippen molar-refractivity contribution >= 4 is 14.3 Å². The number of allylic oxidation sites excluding steroid dienone is 4. The van der Waals surface area contributed by atoms with E-state index in [1.807, 2.05) is 0 Å². The summed E-state index contributed by atoms with van der Waals surface area (Å²) < 4.78 is 15.5. The van der Waals surface area contributed by atoms with E-state index in [4.69, 9.17) is 0 Å². The molecule has 3 N–H and O–H groups in total. The van der Waals surface area contributed by atoms with Crippen LogP contribution in [-0.2, 0) is 21.1 Å². The number of nitrogens with one attached hydrogen (secondary N) is 3. The summed E-state index contributed by atoms with van der Waals surface area (Å²) in [7, 11) is 0. The molecule has 0 bridgehead atoms. The molecule has 21 heavy (non-hydrogen) atoms. The van der Waals surface area contributed by atoms with E-state index in [1.54, 1.807) is 7.69 Å². The molecule has 5 heteroatoms. The molecule has 0 fully saturated rings. The third kappa shape index (κ3) is 5.73. The van der Waals surface area contributed by atoms with Crippen LogP contribution >= 0.6 is 0 Å². The van der Waals surface area contributed by atoms with Crippen LogP contribution in [0.5, 0.6) is 0 Å². The van der Waals surface area contributed by atoms with Gasteiger partial charge in [-0.15, -0.1) is 0 Å². The number of hydrogen-bond donors (Lipinski definition) is 3. The van der Waals surface area contributed by atoms with Crippen LogP contribution in [0, 0.1) is 0 Å². The van der Waals surface area contributed by atoms with Crippen LogP contribution in [-0.4, -0.2) is 34.0 Å². The first-order valence-corrected chi connectivity index (χ1v) is 19.7. The van der Waals surface area contributed by atoms with Crippen LogP contribution in [0.2, 0.25) is 11.5 Å². The van der Waals surface area contributed by atoms with Crippen LogP contribution in [0.4, 0.5) is 0 Å². The van der Waals surface area contributed by atoms with E-state index in [0.717, 1.165) is 19.6 Å². The van der Waals surface area contributed by atoms with Gasteiger partial charge in [-0.1, -0.05) is 0 Å². The molecule has 1 aliphatic rings. The molecule has 0 radical (unpaired) electrons. The molecular weight excluding hydrogens is 398 g/mol. The second-order valence-corrected chi connectivity index (χ2v) is 20.2. The summed E-state index contributed by atoms with van der Waals surface area (Å²) in [6.07, 6.45) is 9.65. The normalized spacial score (nSPS) is 15.5. The average Bonchev–Trinajstić information content (AvgIpc) is 2.97. The molecule has 0 aromatic rings. The minimum absolute atomic E-state index is 1.13. The van der Waals surface area contributed by atoms with Crippen molar-refractivity contribution in [2.24, 2.45) is 0 Å². The monoisotopic (exact) mass is 433 g/mol. The van der Waals surface area contributed by atoms with Crippen molar-refractivity contribution in [3.05, 3.63) is 19.8 Å². The third-order valence-corrected chi connectivity index (χ3v) is 18.4. The van der Waals surface area contributed by atoms with Gasteiger partial charge in [-0.25, -0.2) is 0 Å². The summed E-state index contributed by atoms with van der Waals surface area (Å²) >= 11 is -4.07. The zero-order valence-electron chi connectivity index (χ0n) is 14.7. The van der Waals surface area contributed by atoms with Gasteiger partial charge in [-0.05, 0) is 0 Å². The van der Waals surface area contributed by atoms with Gasteiger partial charge < -0.3 is 0 Å². The molecule has 0 spiro atoms. The van der Waals surface area contributed by atoms with Gasteiger partial charge in [0, 0.05) is 0 Å². The standard InChI is InChI=1S/C7H11Ge.3C3H8N.Zr/c1-8(2)7-5-3-4-6-7;3*1-2-3-4;/h3,5,8H,4H2,1-2H3;3*4H,2-3H2,1H3;/q;3*-1;+3. The van der Waals surface area contributed by atoms with Crippen LogP contribution in [0.15, 0.2) is 19.8 Å². The van der Waals surface area contributed by atoms with Gasteiger partial charge >= 0.3 is 143 Å². The zero-order valence-corrected chi connectivity index (χ0v) is 19.6.